The molecule has 1 aliphatic rings. The zero-order valence-electron chi connectivity index (χ0n) is 17.4. The number of thiophene rings is 1. The highest BCUT2D eigenvalue weighted by molar-refractivity contribution is 7.99. The second kappa shape index (κ2) is 10.1. The fraction of sp³-hybridized carbons (Fsp3) is 0.409. The van der Waals surface area contributed by atoms with Gasteiger partial charge in [0.05, 0.1) is 11.3 Å². The molecule has 1 amide bonds. The van der Waals surface area contributed by atoms with Gasteiger partial charge in [-0.2, -0.15) is 5.26 Å². The monoisotopic (exact) mass is 452 g/mol. The lowest BCUT2D eigenvalue weighted by Crippen LogP contribution is -2.14. The summed E-state index contributed by atoms with van der Waals surface area (Å²) in [5.74, 6) is 0.755. The Morgan fingerprint density at radius 2 is 2.10 bits per heavy atom. The number of nitrogens with one attached hydrogen (secondary N) is 1. The summed E-state index contributed by atoms with van der Waals surface area (Å²) in [7, 11) is 0. The standard InChI is InChI=1S/C22H24N6OS2/c1-2-28-20(17-10-7-8-12-24-17)26-27-22(28)30-14-19(29)25-21-16(13-23)15-9-5-3-4-6-11-18(15)31-21/h7-8,10,12H,2-6,9,11,14H2,1H3,(H,25,29). The average molecular weight is 453 g/mol. The molecule has 1 aliphatic carbocycles. The largest absolute Gasteiger partial charge is 0.316 e. The first-order chi connectivity index (χ1) is 15.2. The van der Waals surface area contributed by atoms with E-state index in [0.717, 1.165) is 36.9 Å². The van der Waals surface area contributed by atoms with Gasteiger partial charge in [0, 0.05) is 17.6 Å². The Balaban J connectivity index is 1.45. The van der Waals surface area contributed by atoms with E-state index in [1.165, 1.54) is 29.5 Å². The van der Waals surface area contributed by atoms with E-state index in [1.807, 2.05) is 29.7 Å². The molecule has 3 aromatic heterocycles. The van der Waals surface area contributed by atoms with Crippen molar-refractivity contribution in [3.63, 3.8) is 0 Å². The Morgan fingerprint density at radius 1 is 1.26 bits per heavy atom. The molecule has 0 unspecified atom stereocenters. The normalized spacial score (nSPS) is 13.7. The van der Waals surface area contributed by atoms with E-state index < -0.39 is 0 Å². The van der Waals surface area contributed by atoms with Gasteiger partial charge < -0.3 is 9.88 Å². The third-order valence-corrected chi connectivity index (χ3v) is 7.47. The number of carbonyl (C=O) groups excluding carboxylic acids is 1. The van der Waals surface area contributed by atoms with Crippen molar-refractivity contribution in [2.45, 2.75) is 57.1 Å². The van der Waals surface area contributed by atoms with Crippen LogP contribution in [0.3, 0.4) is 0 Å². The van der Waals surface area contributed by atoms with Crippen molar-refractivity contribution in [2.24, 2.45) is 0 Å². The summed E-state index contributed by atoms with van der Waals surface area (Å²) in [5, 5.41) is 22.6. The van der Waals surface area contributed by atoms with Crippen molar-refractivity contribution < 1.29 is 4.79 Å². The van der Waals surface area contributed by atoms with E-state index in [1.54, 1.807) is 17.5 Å². The van der Waals surface area contributed by atoms with Crippen LogP contribution in [-0.4, -0.2) is 31.4 Å². The maximum atomic E-state index is 12.7. The van der Waals surface area contributed by atoms with E-state index in [4.69, 9.17) is 0 Å². The van der Waals surface area contributed by atoms with E-state index in [-0.39, 0.29) is 11.7 Å². The van der Waals surface area contributed by atoms with Crippen molar-refractivity contribution in [3.05, 3.63) is 40.4 Å². The molecule has 0 aromatic carbocycles. The number of carbonyl (C=O) groups is 1. The number of nitriles is 1. The molecule has 0 saturated heterocycles. The van der Waals surface area contributed by atoms with Crippen LogP contribution in [0.25, 0.3) is 11.5 Å². The molecule has 160 valence electrons. The minimum Gasteiger partial charge on any atom is -0.316 e. The quantitative estimate of drug-likeness (QED) is 0.545. The summed E-state index contributed by atoms with van der Waals surface area (Å²) in [5.41, 5.74) is 2.54. The molecular formula is C22H24N6OS2. The Labute approximate surface area is 189 Å². The Kier molecular flexibility index (Phi) is 6.99. The highest BCUT2D eigenvalue weighted by Crippen LogP contribution is 2.36. The van der Waals surface area contributed by atoms with Gasteiger partial charge in [-0.1, -0.05) is 30.7 Å². The molecular weight excluding hydrogens is 428 g/mol. The fourth-order valence-electron chi connectivity index (χ4n) is 3.78. The average Bonchev–Trinajstić information content (AvgIpc) is 3.33. The molecule has 0 bridgehead atoms. The third-order valence-electron chi connectivity index (χ3n) is 5.30. The molecule has 7 nitrogen and oxygen atoms in total. The molecule has 0 saturated carbocycles. The van der Waals surface area contributed by atoms with Gasteiger partial charge in [0.1, 0.15) is 16.8 Å². The van der Waals surface area contributed by atoms with Gasteiger partial charge in [0.2, 0.25) is 5.91 Å². The van der Waals surface area contributed by atoms with Crippen LogP contribution in [0.1, 0.15) is 48.6 Å². The number of nitrogens with zero attached hydrogens (tertiary/aromatic N) is 5. The Morgan fingerprint density at radius 3 is 2.84 bits per heavy atom. The van der Waals surface area contributed by atoms with Gasteiger partial charge in [-0.3, -0.25) is 9.78 Å². The van der Waals surface area contributed by atoms with Crippen LogP contribution in [-0.2, 0) is 24.2 Å². The summed E-state index contributed by atoms with van der Waals surface area (Å²) in [6, 6.07) is 7.99. The SMILES string of the molecule is CCn1c(SCC(=O)Nc2sc3c(c2C#N)CCCCCC3)nnc1-c1ccccn1. The minimum absolute atomic E-state index is 0.138. The van der Waals surface area contributed by atoms with Crippen molar-refractivity contribution in [1.29, 1.82) is 5.26 Å². The zero-order chi connectivity index (χ0) is 21.6. The number of anilines is 1. The van der Waals surface area contributed by atoms with Gasteiger partial charge in [-0.25, -0.2) is 0 Å². The van der Waals surface area contributed by atoms with Crippen LogP contribution in [0.2, 0.25) is 0 Å². The molecule has 1 N–H and O–H groups in total. The summed E-state index contributed by atoms with van der Waals surface area (Å²) in [4.78, 5) is 18.3. The molecule has 0 radical (unpaired) electrons. The molecule has 31 heavy (non-hydrogen) atoms. The second-order valence-corrected chi connectivity index (χ2v) is 9.38. The number of aromatic nitrogens is 4. The van der Waals surface area contributed by atoms with Gasteiger partial charge in [-0.05, 0) is 50.3 Å². The van der Waals surface area contributed by atoms with Crippen LogP contribution in [0.15, 0.2) is 29.6 Å². The van der Waals surface area contributed by atoms with Gasteiger partial charge in [0.25, 0.3) is 0 Å². The first kappa shape index (κ1) is 21.5. The lowest BCUT2D eigenvalue weighted by molar-refractivity contribution is -0.113. The minimum atomic E-state index is -0.138. The number of hydrogen-bond donors (Lipinski definition) is 1. The van der Waals surface area contributed by atoms with Gasteiger partial charge >= 0.3 is 0 Å². The van der Waals surface area contributed by atoms with Crippen LogP contribution >= 0.6 is 23.1 Å². The summed E-state index contributed by atoms with van der Waals surface area (Å²) in [6.07, 6.45) is 8.33. The van der Waals surface area contributed by atoms with Crippen LogP contribution in [0.4, 0.5) is 5.00 Å². The van der Waals surface area contributed by atoms with Crippen molar-refractivity contribution >= 4 is 34.0 Å². The molecule has 9 heteroatoms. The van der Waals surface area contributed by atoms with Gasteiger partial charge in [0.15, 0.2) is 11.0 Å². The molecule has 4 rings (SSSR count). The van der Waals surface area contributed by atoms with E-state index in [2.05, 4.69) is 26.6 Å². The number of pyridine rings is 1. The van der Waals surface area contributed by atoms with E-state index in [0.29, 0.717) is 28.1 Å². The van der Waals surface area contributed by atoms with E-state index >= 15 is 0 Å². The lowest BCUT2D eigenvalue weighted by atomic mass is 9.97. The first-order valence-electron chi connectivity index (χ1n) is 10.5. The van der Waals surface area contributed by atoms with Crippen molar-refractivity contribution in [2.75, 3.05) is 11.1 Å². The molecule has 3 heterocycles. The van der Waals surface area contributed by atoms with Crippen molar-refractivity contribution in [1.82, 2.24) is 19.7 Å². The Bertz CT molecular complexity index is 1100. The molecule has 0 aliphatic heterocycles. The lowest BCUT2D eigenvalue weighted by Gasteiger charge is -2.08. The molecule has 0 atom stereocenters. The molecule has 0 fully saturated rings. The van der Waals surface area contributed by atoms with Crippen LogP contribution in [0.5, 0.6) is 0 Å². The first-order valence-corrected chi connectivity index (χ1v) is 12.3. The van der Waals surface area contributed by atoms with Crippen LogP contribution in [0, 0.1) is 11.3 Å². The highest BCUT2D eigenvalue weighted by Gasteiger charge is 2.21. The maximum absolute atomic E-state index is 12.7. The number of hydrogen-bond acceptors (Lipinski definition) is 7. The summed E-state index contributed by atoms with van der Waals surface area (Å²) >= 11 is 2.90. The van der Waals surface area contributed by atoms with E-state index in [9.17, 15) is 10.1 Å². The number of rotatable bonds is 6. The summed E-state index contributed by atoms with van der Waals surface area (Å²) < 4.78 is 1.96. The maximum Gasteiger partial charge on any atom is 0.235 e. The molecule has 3 aromatic rings. The third kappa shape index (κ3) is 4.81. The zero-order valence-corrected chi connectivity index (χ0v) is 19.1. The molecule has 0 spiro atoms. The predicted molar refractivity (Wildman–Crippen MR) is 123 cm³/mol. The number of thioether (sulfide) groups is 1. The number of aryl methyl sites for hydroxylation is 1. The predicted octanol–water partition coefficient (Wildman–Crippen LogP) is 4.68. The topological polar surface area (TPSA) is 96.5 Å². The summed E-state index contributed by atoms with van der Waals surface area (Å²) in [6.45, 7) is 2.69. The van der Waals surface area contributed by atoms with Crippen LogP contribution < -0.4 is 5.32 Å². The van der Waals surface area contributed by atoms with Crippen molar-refractivity contribution in [3.8, 4) is 17.6 Å². The number of amides is 1. The fourth-order valence-corrected chi connectivity index (χ4v) is 5.84. The Hall–Kier alpha value is -2.70. The van der Waals surface area contributed by atoms with Gasteiger partial charge in [-0.15, -0.1) is 21.5 Å². The smallest absolute Gasteiger partial charge is 0.235 e. The highest BCUT2D eigenvalue weighted by atomic mass is 32.2. The second-order valence-electron chi connectivity index (χ2n) is 7.34. The number of fused-ring (bicyclic) bond motifs is 1.